The molecule has 4 nitrogen and oxygen atoms in total. The van der Waals surface area contributed by atoms with Gasteiger partial charge in [-0.15, -0.1) is 0 Å². The zero-order chi connectivity index (χ0) is 13.2. The molecule has 1 rings (SSSR count). The molecule has 1 aromatic carbocycles. The van der Waals surface area contributed by atoms with E-state index in [0.717, 1.165) is 19.3 Å². The Bertz CT molecular complexity index is 387. The zero-order valence-corrected chi connectivity index (χ0v) is 10.9. The molecule has 0 N–H and O–H groups in total. The fourth-order valence-electron chi connectivity index (χ4n) is 1.39. The van der Waals surface area contributed by atoms with E-state index in [9.17, 15) is 4.79 Å². The molecule has 0 saturated carbocycles. The van der Waals surface area contributed by atoms with Crippen LogP contribution in [0.5, 0.6) is 5.75 Å². The molecule has 0 saturated heterocycles. The van der Waals surface area contributed by atoms with Gasteiger partial charge in [-0.2, -0.15) is 0 Å². The summed E-state index contributed by atoms with van der Waals surface area (Å²) in [7, 11) is 0. The largest absolute Gasteiger partial charge is 0.408 e. The van der Waals surface area contributed by atoms with Gasteiger partial charge in [-0.3, -0.25) is 4.79 Å². The Hall–Kier alpha value is -1.84. The number of unbranched alkanes of at least 4 members (excludes halogenated alkanes) is 2. The first-order valence-corrected chi connectivity index (χ1v) is 6.19. The van der Waals surface area contributed by atoms with Crippen LogP contribution in [0.25, 0.3) is 0 Å². The molecule has 0 aliphatic heterocycles. The van der Waals surface area contributed by atoms with Crippen LogP contribution in [0.3, 0.4) is 0 Å². The molecule has 0 aliphatic rings. The second-order valence-electron chi connectivity index (χ2n) is 3.94. The van der Waals surface area contributed by atoms with Crippen LogP contribution in [0, 0.1) is 0 Å². The summed E-state index contributed by atoms with van der Waals surface area (Å²) in [6.07, 6.45) is 3.72. The molecule has 0 aliphatic carbocycles. The van der Waals surface area contributed by atoms with Crippen molar-refractivity contribution in [3.63, 3.8) is 0 Å². The van der Waals surface area contributed by atoms with E-state index >= 15 is 0 Å². The van der Waals surface area contributed by atoms with Gasteiger partial charge < -0.3 is 9.57 Å². The van der Waals surface area contributed by atoms with Crippen molar-refractivity contribution in [1.29, 1.82) is 0 Å². The standard InChI is InChI=1S/C14H19NO3/c1-3-4-6-11-14(17-12(2)16)15-18-13-9-7-5-8-10-13/h5,7-10H,3-4,6,11H2,1-2H3. The molecule has 4 heteroatoms. The number of carbonyl (C=O) groups excluding carboxylic acids is 1. The van der Waals surface area contributed by atoms with Crippen LogP contribution < -0.4 is 4.84 Å². The molecule has 0 unspecified atom stereocenters. The quantitative estimate of drug-likeness (QED) is 0.255. The summed E-state index contributed by atoms with van der Waals surface area (Å²) >= 11 is 0. The van der Waals surface area contributed by atoms with Crippen LogP contribution >= 0.6 is 0 Å². The lowest BCUT2D eigenvalue weighted by molar-refractivity contribution is -0.133. The maximum absolute atomic E-state index is 10.9. The van der Waals surface area contributed by atoms with Crippen LogP contribution in [-0.2, 0) is 9.53 Å². The van der Waals surface area contributed by atoms with Crippen LogP contribution in [0.4, 0.5) is 0 Å². The third kappa shape index (κ3) is 6.03. The van der Waals surface area contributed by atoms with Crippen molar-refractivity contribution in [3.05, 3.63) is 30.3 Å². The zero-order valence-electron chi connectivity index (χ0n) is 10.9. The number of ether oxygens (including phenoxy) is 1. The molecule has 0 aromatic heterocycles. The fourth-order valence-corrected chi connectivity index (χ4v) is 1.39. The van der Waals surface area contributed by atoms with Crippen molar-refractivity contribution in [1.82, 2.24) is 0 Å². The third-order valence-electron chi connectivity index (χ3n) is 2.25. The van der Waals surface area contributed by atoms with Gasteiger partial charge in [0.15, 0.2) is 5.75 Å². The number of rotatable bonds is 6. The predicted octanol–water partition coefficient (Wildman–Crippen LogP) is 3.52. The van der Waals surface area contributed by atoms with Gasteiger partial charge in [-0.1, -0.05) is 38.0 Å². The molecule has 0 atom stereocenters. The van der Waals surface area contributed by atoms with Gasteiger partial charge in [0, 0.05) is 13.3 Å². The summed E-state index contributed by atoms with van der Waals surface area (Å²) in [5, 5.41) is 3.88. The van der Waals surface area contributed by atoms with Gasteiger partial charge in [0.25, 0.3) is 0 Å². The first kappa shape index (κ1) is 14.2. The number of nitrogens with zero attached hydrogens (tertiary/aromatic N) is 1. The fraction of sp³-hybridized carbons (Fsp3) is 0.429. The Balaban J connectivity index is 2.55. The average Bonchev–Trinajstić information content (AvgIpc) is 2.37. The van der Waals surface area contributed by atoms with E-state index in [1.165, 1.54) is 6.92 Å². The normalized spacial score (nSPS) is 11.1. The highest BCUT2D eigenvalue weighted by atomic mass is 16.7. The van der Waals surface area contributed by atoms with E-state index in [0.29, 0.717) is 18.1 Å². The van der Waals surface area contributed by atoms with Crippen molar-refractivity contribution in [2.24, 2.45) is 5.16 Å². The second kappa shape index (κ2) is 8.28. The van der Waals surface area contributed by atoms with Crippen molar-refractivity contribution in [3.8, 4) is 5.75 Å². The van der Waals surface area contributed by atoms with Crippen LogP contribution in [0.15, 0.2) is 35.5 Å². The monoisotopic (exact) mass is 249 g/mol. The molecular formula is C14H19NO3. The maximum atomic E-state index is 10.9. The second-order valence-corrected chi connectivity index (χ2v) is 3.94. The molecule has 0 heterocycles. The molecule has 0 spiro atoms. The molecule has 0 fully saturated rings. The van der Waals surface area contributed by atoms with Gasteiger partial charge in [0.2, 0.25) is 5.90 Å². The first-order chi connectivity index (χ1) is 8.72. The van der Waals surface area contributed by atoms with E-state index < -0.39 is 0 Å². The minimum atomic E-state index is -0.373. The van der Waals surface area contributed by atoms with E-state index in [-0.39, 0.29) is 5.97 Å². The van der Waals surface area contributed by atoms with E-state index in [4.69, 9.17) is 9.57 Å². The molecule has 0 radical (unpaired) electrons. The lowest BCUT2D eigenvalue weighted by Gasteiger charge is -2.05. The van der Waals surface area contributed by atoms with Gasteiger partial charge in [-0.05, 0) is 23.7 Å². The van der Waals surface area contributed by atoms with Crippen molar-refractivity contribution >= 4 is 11.9 Å². The number of oxime groups is 1. The highest BCUT2D eigenvalue weighted by molar-refractivity contribution is 5.87. The Morgan fingerprint density at radius 3 is 2.56 bits per heavy atom. The summed E-state index contributed by atoms with van der Waals surface area (Å²) in [6, 6.07) is 9.19. The number of hydrogen-bond donors (Lipinski definition) is 0. The smallest absolute Gasteiger partial charge is 0.309 e. The predicted molar refractivity (Wildman–Crippen MR) is 70.4 cm³/mol. The van der Waals surface area contributed by atoms with Gasteiger partial charge in [0.1, 0.15) is 0 Å². The number of hydrogen-bond acceptors (Lipinski definition) is 4. The summed E-state index contributed by atoms with van der Waals surface area (Å²) in [6.45, 7) is 3.47. The number of carbonyl (C=O) groups is 1. The minimum absolute atomic E-state index is 0.333. The van der Waals surface area contributed by atoms with E-state index in [1.807, 2.05) is 18.2 Å². The Morgan fingerprint density at radius 1 is 1.22 bits per heavy atom. The summed E-state index contributed by atoms with van der Waals surface area (Å²) in [4.78, 5) is 16.2. The highest BCUT2D eigenvalue weighted by Gasteiger charge is 2.05. The first-order valence-electron chi connectivity index (χ1n) is 6.19. The van der Waals surface area contributed by atoms with Crippen LogP contribution in [0.2, 0.25) is 0 Å². The third-order valence-corrected chi connectivity index (χ3v) is 2.25. The van der Waals surface area contributed by atoms with Crippen LogP contribution in [0.1, 0.15) is 39.5 Å². The van der Waals surface area contributed by atoms with Crippen molar-refractivity contribution in [2.45, 2.75) is 39.5 Å². The lowest BCUT2D eigenvalue weighted by Crippen LogP contribution is -2.10. The van der Waals surface area contributed by atoms with Crippen molar-refractivity contribution < 1.29 is 14.4 Å². The summed E-state index contributed by atoms with van der Waals surface area (Å²) in [5.41, 5.74) is 0. The molecule has 0 bridgehead atoms. The molecule has 98 valence electrons. The molecule has 18 heavy (non-hydrogen) atoms. The van der Waals surface area contributed by atoms with E-state index in [2.05, 4.69) is 12.1 Å². The van der Waals surface area contributed by atoms with Crippen LogP contribution in [-0.4, -0.2) is 11.9 Å². The Morgan fingerprint density at radius 2 is 1.94 bits per heavy atom. The lowest BCUT2D eigenvalue weighted by atomic mass is 10.2. The number of benzene rings is 1. The Labute approximate surface area is 108 Å². The number of esters is 1. The number of para-hydroxylation sites is 1. The van der Waals surface area contributed by atoms with Gasteiger partial charge in [-0.25, -0.2) is 0 Å². The minimum Gasteiger partial charge on any atom is -0.408 e. The van der Waals surface area contributed by atoms with Gasteiger partial charge in [0.05, 0.1) is 0 Å². The topological polar surface area (TPSA) is 47.9 Å². The average molecular weight is 249 g/mol. The highest BCUT2D eigenvalue weighted by Crippen LogP contribution is 2.10. The SMILES string of the molecule is CCCCCC(=NOc1ccccc1)OC(C)=O. The van der Waals surface area contributed by atoms with E-state index in [1.54, 1.807) is 12.1 Å². The summed E-state index contributed by atoms with van der Waals surface area (Å²) < 4.78 is 5.00. The molecule has 1 aromatic rings. The summed E-state index contributed by atoms with van der Waals surface area (Å²) in [5.74, 6) is 0.583. The maximum Gasteiger partial charge on any atom is 0.309 e. The Kier molecular flexibility index (Phi) is 6.54. The van der Waals surface area contributed by atoms with Gasteiger partial charge >= 0.3 is 5.97 Å². The molecule has 0 amide bonds. The molecular weight excluding hydrogens is 230 g/mol. The van der Waals surface area contributed by atoms with Crippen molar-refractivity contribution in [2.75, 3.05) is 0 Å².